The number of hydrogen-bond acceptors (Lipinski definition) is 4. The maximum atomic E-state index is 12.9. The van der Waals surface area contributed by atoms with Crippen molar-refractivity contribution in [3.05, 3.63) is 59.7 Å². The van der Waals surface area contributed by atoms with Gasteiger partial charge >= 0.3 is 12.1 Å². The Balaban J connectivity index is 1.42. The summed E-state index contributed by atoms with van der Waals surface area (Å²) in [5.74, 6) is -1.65. The van der Waals surface area contributed by atoms with Gasteiger partial charge in [-0.3, -0.25) is 4.79 Å². The zero-order valence-electron chi connectivity index (χ0n) is 19.0. The van der Waals surface area contributed by atoms with Gasteiger partial charge in [0.1, 0.15) is 18.2 Å². The molecule has 3 N–H and O–H groups in total. The summed E-state index contributed by atoms with van der Waals surface area (Å²) in [6, 6.07) is 15.3. The van der Waals surface area contributed by atoms with Crippen molar-refractivity contribution in [1.82, 2.24) is 10.6 Å². The van der Waals surface area contributed by atoms with Crippen LogP contribution in [0.25, 0.3) is 11.1 Å². The highest BCUT2D eigenvalue weighted by Gasteiger charge is 2.42. The van der Waals surface area contributed by atoms with Crippen molar-refractivity contribution >= 4 is 18.0 Å². The monoisotopic (exact) mass is 450 g/mol. The van der Waals surface area contributed by atoms with Crippen LogP contribution in [0.3, 0.4) is 0 Å². The second kappa shape index (κ2) is 9.25. The minimum atomic E-state index is -1.37. The molecule has 0 radical (unpaired) electrons. The number of carboxylic acid groups (broad SMARTS) is 1. The molecular weight excluding hydrogens is 420 g/mol. The topological polar surface area (TPSA) is 105 Å². The number of hydrogen-bond donors (Lipinski definition) is 3. The van der Waals surface area contributed by atoms with E-state index in [1.54, 1.807) is 0 Å². The van der Waals surface area contributed by atoms with Gasteiger partial charge in [0.05, 0.1) is 0 Å². The van der Waals surface area contributed by atoms with E-state index in [1.165, 1.54) is 6.92 Å². The van der Waals surface area contributed by atoms with Gasteiger partial charge in [-0.1, -0.05) is 61.9 Å². The Labute approximate surface area is 193 Å². The lowest BCUT2D eigenvalue weighted by Gasteiger charge is -2.28. The average molecular weight is 451 g/mol. The van der Waals surface area contributed by atoms with Crippen molar-refractivity contribution in [2.24, 2.45) is 5.92 Å². The molecule has 0 aromatic heterocycles. The van der Waals surface area contributed by atoms with Gasteiger partial charge < -0.3 is 20.5 Å². The van der Waals surface area contributed by atoms with E-state index in [9.17, 15) is 19.5 Å². The number of carbonyl (C=O) groups is 3. The van der Waals surface area contributed by atoms with E-state index in [-0.39, 0.29) is 18.4 Å². The molecule has 4 rings (SSSR count). The van der Waals surface area contributed by atoms with Crippen LogP contribution in [0, 0.1) is 5.92 Å². The lowest BCUT2D eigenvalue weighted by Crippen LogP contribution is -2.58. The van der Waals surface area contributed by atoms with Crippen molar-refractivity contribution < 1.29 is 24.2 Å². The van der Waals surface area contributed by atoms with Crippen LogP contribution in [0.1, 0.15) is 56.6 Å². The third-order valence-corrected chi connectivity index (χ3v) is 6.61. The number of amides is 2. The van der Waals surface area contributed by atoms with Gasteiger partial charge in [0, 0.05) is 5.92 Å². The van der Waals surface area contributed by atoms with E-state index in [2.05, 4.69) is 22.8 Å². The van der Waals surface area contributed by atoms with Crippen LogP contribution in [-0.4, -0.2) is 41.3 Å². The first kappa shape index (κ1) is 22.8. The molecule has 0 heterocycles. The fourth-order valence-corrected chi connectivity index (χ4v) is 4.67. The summed E-state index contributed by atoms with van der Waals surface area (Å²) in [6.45, 7) is 3.51. The first-order valence-corrected chi connectivity index (χ1v) is 11.5. The number of ether oxygens (including phenoxy) is 1. The number of carbonyl (C=O) groups excluding carboxylic acids is 2. The SMILES string of the molecule is CCCC(C)(NC(=O)C(NC(=O)OCC1c2ccccc2-c2ccccc21)C1CC1)C(=O)O. The molecule has 1 fully saturated rings. The summed E-state index contributed by atoms with van der Waals surface area (Å²) in [7, 11) is 0. The van der Waals surface area contributed by atoms with Crippen LogP contribution in [0.15, 0.2) is 48.5 Å². The van der Waals surface area contributed by atoms with E-state index in [0.717, 1.165) is 35.1 Å². The smallest absolute Gasteiger partial charge is 0.407 e. The van der Waals surface area contributed by atoms with Gasteiger partial charge in [-0.05, 0) is 54.4 Å². The van der Waals surface area contributed by atoms with Gasteiger partial charge in [0.15, 0.2) is 0 Å². The number of fused-ring (bicyclic) bond motifs is 3. The van der Waals surface area contributed by atoms with Crippen LogP contribution in [-0.2, 0) is 14.3 Å². The fraction of sp³-hybridized carbons (Fsp3) is 0.423. The zero-order chi connectivity index (χ0) is 23.6. The summed E-state index contributed by atoms with van der Waals surface area (Å²) in [6.07, 6.45) is 1.85. The minimum Gasteiger partial charge on any atom is -0.480 e. The van der Waals surface area contributed by atoms with Crippen LogP contribution < -0.4 is 10.6 Å². The van der Waals surface area contributed by atoms with E-state index in [4.69, 9.17) is 4.74 Å². The number of carboxylic acids is 1. The Kier molecular flexibility index (Phi) is 6.40. The van der Waals surface area contributed by atoms with Gasteiger partial charge in [-0.15, -0.1) is 0 Å². The standard InChI is InChI=1S/C26H30N2O5/c1-3-14-26(2,24(30)31)28-23(29)22(16-12-13-16)27-25(32)33-15-21-19-10-6-4-8-17(19)18-9-5-7-11-20(18)21/h4-11,16,21-22H,3,12-15H2,1-2H3,(H,27,32)(H,28,29)(H,30,31). The van der Waals surface area contributed by atoms with E-state index in [1.807, 2.05) is 43.3 Å². The van der Waals surface area contributed by atoms with E-state index < -0.39 is 29.6 Å². The number of rotatable bonds is 9. The fourth-order valence-electron chi connectivity index (χ4n) is 4.67. The zero-order valence-corrected chi connectivity index (χ0v) is 19.0. The van der Waals surface area contributed by atoms with E-state index in [0.29, 0.717) is 12.8 Å². The largest absolute Gasteiger partial charge is 0.480 e. The third kappa shape index (κ3) is 4.72. The Hall–Kier alpha value is -3.35. The predicted octanol–water partition coefficient (Wildman–Crippen LogP) is 4.06. The predicted molar refractivity (Wildman–Crippen MR) is 124 cm³/mol. The maximum absolute atomic E-state index is 12.9. The van der Waals surface area contributed by atoms with Crippen molar-refractivity contribution in [3.8, 4) is 11.1 Å². The molecule has 2 aromatic rings. The van der Waals surface area contributed by atoms with Gasteiger partial charge in [-0.2, -0.15) is 0 Å². The molecule has 0 spiro atoms. The second-order valence-electron chi connectivity index (χ2n) is 9.16. The summed E-state index contributed by atoms with van der Waals surface area (Å²) >= 11 is 0. The molecule has 7 nitrogen and oxygen atoms in total. The molecule has 0 bridgehead atoms. The molecule has 7 heteroatoms. The molecule has 1 saturated carbocycles. The van der Waals surface area contributed by atoms with Gasteiger partial charge in [0.2, 0.25) is 5.91 Å². The molecule has 2 aliphatic rings. The normalized spacial score (nSPS) is 17.3. The van der Waals surface area contributed by atoms with Crippen LogP contribution in [0.5, 0.6) is 0 Å². The Morgan fingerprint density at radius 3 is 2.15 bits per heavy atom. The minimum absolute atomic E-state index is 0.00912. The van der Waals surface area contributed by atoms with Crippen LogP contribution in [0.2, 0.25) is 0 Å². The molecule has 2 aliphatic carbocycles. The molecule has 33 heavy (non-hydrogen) atoms. The molecule has 2 unspecified atom stereocenters. The molecule has 174 valence electrons. The average Bonchev–Trinajstić information content (AvgIpc) is 3.58. The van der Waals surface area contributed by atoms with E-state index >= 15 is 0 Å². The van der Waals surface area contributed by atoms with Crippen molar-refractivity contribution in [2.45, 2.75) is 57.0 Å². The van der Waals surface area contributed by atoms with Gasteiger partial charge in [0.25, 0.3) is 0 Å². The highest BCUT2D eigenvalue weighted by atomic mass is 16.5. The third-order valence-electron chi connectivity index (χ3n) is 6.61. The number of benzene rings is 2. The molecule has 2 amide bonds. The summed E-state index contributed by atoms with van der Waals surface area (Å²) in [5.41, 5.74) is 3.13. The van der Waals surface area contributed by atoms with Crippen molar-refractivity contribution in [1.29, 1.82) is 0 Å². The Morgan fingerprint density at radius 1 is 1.06 bits per heavy atom. The lowest BCUT2D eigenvalue weighted by atomic mass is 9.95. The summed E-state index contributed by atoms with van der Waals surface area (Å²) in [5, 5.41) is 14.9. The maximum Gasteiger partial charge on any atom is 0.407 e. The van der Waals surface area contributed by atoms with Crippen molar-refractivity contribution in [2.75, 3.05) is 6.61 Å². The quantitative estimate of drug-likeness (QED) is 0.534. The van der Waals surface area contributed by atoms with Crippen LogP contribution in [0.4, 0.5) is 4.79 Å². The van der Waals surface area contributed by atoms with Gasteiger partial charge in [-0.25, -0.2) is 9.59 Å². The molecule has 2 aromatic carbocycles. The summed E-state index contributed by atoms with van der Waals surface area (Å²) < 4.78 is 5.58. The second-order valence-corrected chi connectivity index (χ2v) is 9.16. The summed E-state index contributed by atoms with van der Waals surface area (Å²) in [4.78, 5) is 37.3. The Bertz CT molecular complexity index is 1020. The lowest BCUT2D eigenvalue weighted by molar-refractivity contribution is -0.147. The van der Waals surface area contributed by atoms with Crippen LogP contribution >= 0.6 is 0 Å². The molecule has 0 aliphatic heterocycles. The van der Waals surface area contributed by atoms with Crippen molar-refractivity contribution in [3.63, 3.8) is 0 Å². The first-order chi connectivity index (χ1) is 15.8. The number of nitrogens with one attached hydrogen (secondary N) is 2. The first-order valence-electron chi connectivity index (χ1n) is 11.5. The molecular formula is C26H30N2O5. The number of alkyl carbamates (subject to hydrolysis) is 1. The Morgan fingerprint density at radius 2 is 1.64 bits per heavy atom. The highest BCUT2D eigenvalue weighted by molar-refractivity contribution is 5.91. The number of aliphatic carboxylic acids is 1. The molecule has 2 atom stereocenters. The highest BCUT2D eigenvalue weighted by Crippen LogP contribution is 2.44. The molecule has 0 saturated heterocycles.